The smallest absolute Gasteiger partial charge is 0.251 e. The van der Waals surface area contributed by atoms with Gasteiger partial charge in [-0.25, -0.2) is 8.42 Å². The first-order valence-electron chi connectivity index (χ1n) is 10.5. The van der Waals surface area contributed by atoms with E-state index in [-0.39, 0.29) is 5.56 Å². The molecule has 2 aromatic carbocycles. The SMILES string of the molecule is O=c1[nH]c2ccc(S(=O)(=O)N3CCN(c4ccccc4)CC3)cc2c2c1CCCC2. The van der Waals surface area contributed by atoms with Crippen LogP contribution in [0, 0.1) is 0 Å². The number of benzene rings is 2. The summed E-state index contributed by atoms with van der Waals surface area (Å²) >= 11 is 0. The summed E-state index contributed by atoms with van der Waals surface area (Å²) in [6.45, 7) is 2.25. The highest BCUT2D eigenvalue weighted by Gasteiger charge is 2.29. The van der Waals surface area contributed by atoms with Crippen molar-refractivity contribution in [2.45, 2.75) is 30.6 Å². The Hall–Kier alpha value is -2.64. The van der Waals surface area contributed by atoms with Crippen LogP contribution in [0.3, 0.4) is 0 Å². The molecule has 0 saturated carbocycles. The summed E-state index contributed by atoms with van der Waals surface area (Å²) in [4.78, 5) is 17.8. The molecule has 7 heteroatoms. The number of hydrogen-bond donors (Lipinski definition) is 1. The van der Waals surface area contributed by atoms with Crippen molar-refractivity contribution in [1.82, 2.24) is 9.29 Å². The first-order valence-corrected chi connectivity index (χ1v) is 12.0. The Balaban J connectivity index is 1.45. The van der Waals surface area contributed by atoms with Crippen LogP contribution in [-0.2, 0) is 22.9 Å². The number of nitrogens with one attached hydrogen (secondary N) is 1. The van der Waals surface area contributed by atoms with Crippen LogP contribution < -0.4 is 10.5 Å². The topological polar surface area (TPSA) is 73.5 Å². The van der Waals surface area contributed by atoms with E-state index < -0.39 is 10.0 Å². The van der Waals surface area contributed by atoms with Gasteiger partial charge in [0.05, 0.1) is 4.90 Å². The van der Waals surface area contributed by atoms with Gasteiger partial charge in [-0.3, -0.25) is 4.79 Å². The van der Waals surface area contributed by atoms with Gasteiger partial charge < -0.3 is 9.88 Å². The number of aryl methyl sites for hydroxylation is 1. The van der Waals surface area contributed by atoms with Crippen LogP contribution in [0.2, 0.25) is 0 Å². The van der Waals surface area contributed by atoms with Gasteiger partial charge >= 0.3 is 0 Å². The van der Waals surface area contributed by atoms with Crippen molar-refractivity contribution in [3.63, 3.8) is 0 Å². The van der Waals surface area contributed by atoms with Gasteiger partial charge in [-0.15, -0.1) is 0 Å². The molecule has 1 aliphatic heterocycles. The lowest BCUT2D eigenvalue weighted by atomic mass is 9.90. The van der Waals surface area contributed by atoms with Gasteiger partial charge in [0.1, 0.15) is 0 Å². The number of H-pyrrole nitrogens is 1. The number of anilines is 1. The van der Waals surface area contributed by atoms with E-state index in [2.05, 4.69) is 22.0 Å². The average molecular weight is 424 g/mol. The molecule has 156 valence electrons. The molecule has 0 unspecified atom stereocenters. The van der Waals surface area contributed by atoms with Gasteiger partial charge in [-0.1, -0.05) is 18.2 Å². The van der Waals surface area contributed by atoms with Crippen LogP contribution in [-0.4, -0.2) is 43.9 Å². The van der Waals surface area contributed by atoms with Crippen molar-refractivity contribution in [2.24, 2.45) is 0 Å². The van der Waals surface area contributed by atoms with Crippen LogP contribution in [0.25, 0.3) is 10.9 Å². The predicted octanol–water partition coefficient (Wildman–Crippen LogP) is 2.92. The molecule has 2 heterocycles. The van der Waals surface area contributed by atoms with Crippen LogP contribution in [0.15, 0.2) is 58.2 Å². The van der Waals surface area contributed by atoms with E-state index in [1.807, 2.05) is 18.2 Å². The zero-order chi connectivity index (χ0) is 20.7. The Labute approximate surface area is 176 Å². The molecule has 0 atom stereocenters. The molecule has 6 nitrogen and oxygen atoms in total. The van der Waals surface area contributed by atoms with E-state index in [9.17, 15) is 13.2 Å². The molecular formula is C23H25N3O3S. The summed E-state index contributed by atoms with van der Waals surface area (Å²) in [6, 6.07) is 15.2. The summed E-state index contributed by atoms with van der Waals surface area (Å²) in [5, 5.41) is 0.869. The van der Waals surface area contributed by atoms with E-state index in [4.69, 9.17) is 0 Å². The van der Waals surface area contributed by atoms with Crippen LogP contribution in [0.5, 0.6) is 0 Å². The summed E-state index contributed by atoms with van der Waals surface area (Å²) in [7, 11) is -3.58. The third-order valence-corrected chi connectivity index (χ3v) is 8.20. The lowest BCUT2D eigenvalue weighted by Crippen LogP contribution is -2.48. The molecule has 2 aliphatic rings. The fraction of sp³-hybridized carbons (Fsp3) is 0.348. The third-order valence-electron chi connectivity index (χ3n) is 6.30. The molecule has 0 radical (unpaired) electrons. The Morgan fingerprint density at radius 1 is 0.833 bits per heavy atom. The van der Waals surface area contributed by atoms with E-state index in [0.29, 0.717) is 36.6 Å². The number of fused-ring (bicyclic) bond motifs is 3. The lowest BCUT2D eigenvalue weighted by molar-refractivity contribution is 0.385. The summed E-state index contributed by atoms with van der Waals surface area (Å²) < 4.78 is 28.3. The minimum atomic E-state index is -3.58. The second-order valence-corrected chi connectivity index (χ2v) is 9.99. The van der Waals surface area contributed by atoms with Gasteiger partial charge in [-0.05, 0) is 61.6 Å². The minimum absolute atomic E-state index is 0.0372. The Morgan fingerprint density at radius 2 is 1.53 bits per heavy atom. The van der Waals surface area contributed by atoms with E-state index in [1.54, 1.807) is 22.5 Å². The summed E-state index contributed by atoms with van der Waals surface area (Å²) in [6.07, 6.45) is 3.63. The Bertz CT molecular complexity index is 1240. The lowest BCUT2D eigenvalue weighted by Gasteiger charge is -2.35. The number of aromatic nitrogens is 1. The van der Waals surface area contributed by atoms with Gasteiger partial charge in [0.15, 0.2) is 0 Å². The third kappa shape index (κ3) is 3.32. The van der Waals surface area contributed by atoms with Crippen molar-refractivity contribution in [3.05, 3.63) is 70.0 Å². The second-order valence-electron chi connectivity index (χ2n) is 8.05. The highest BCUT2D eigenvalue weighted by atomic mass is 32.2. The molecule has 1 aromatic heterocycles. The largest absolute Gasteiger partial charge is 0.369 e. The van der Waals surface area contributed by atoms with E-state index in [1.165, 1.54) is 0 Å². The number of piperazine rings is 1. The first-order chi connectivity index (χ1) is 14.5. The molecule has 30 heavy (non-hydrogen) atoms. The zero-order valence-electron chi connectivity index (χ0n) is 16.8. The predicted molar refractivity (Wildman–Crippen MR) is 119 cm³/mol. The van der Waals surface area contributed by atoms with Crippen molar-refractivity contribution in [3.8, 4) is 0 Å². The van der Waals surface area contributed by atoms with Gasteiger partial charge in [-0.2, -0.15) is 4.31 Å². The van der Waals surface area contributed by atoms with E-state index >= 15 is 0 Å². The fourth-order valence-corrected chi connectivity index (χ4v) is 6.12. The highest BCUT2D eigenvalue weighted by Crippen LogP contribution is 2.29. The number of sulfonamides is 1. The maximum atomic E-state index is 13.3. The second kappa shape index (κ2) is 7.56. The molecule has 1 N–H and O–H groups in total. The van der Waals surface area contributed by atoms with Gasteiger partial charge in [0.2, 0.25) is 10.0 Å². The van der Waals surface area contributed by atoms with Crippen molar-refractivity contribution in [1.29, 1.82) is 0 Å². The van der Waals surface area contributed by atoms with Crippen molar-refractivity contribution >= 4 is 26.6 Å². The number of nitrogens with zero attached hydrogens (tertiary/aromatic N) is 2. The Morgan fingerprint density at radius 3 is 2.27 bits per heavy atom. The zero-order valence-corrected chi connectivity index (χ0v) is 17.6. The van der Waals surface area contributed by atoms with Crippen LogP contribution >= 0.6 is 0 Å². The molecule has 1 saturated heterocycles. The fourth-order valence-electron chi connectivity index (χ4n) is 4.67. The normalized spacial score (nSPS) is 17.8. The first kappa shape index (κ1) is 19.3. The molecule has 1 fully saturated rings. The summed E-state index contributed by atoms with van der Waals surface area (Å²) in [5.74, 6) is 0. The molecule has 0 bridgehead atoms. The number of para-hydroxylation sites is 1. The van der Waals surface area contributed by atoms with Gasteiger partial charge in [0, 0.05) is 48.3 Å². The van der Waals surface area contributed by atoms with Crippen molar-refractivity contribution in [2.75, 3.05) is 31.1 Å². The monoisotopic (exact) mass is 423 g/mol. The molecule has 5 rings (SSSR count). The van der Waals surface area contributed by atoms with Crippen LogP contribution in [0.1, 0.15) is 24.0 Å². The molecular weight excluding hydrogens is 398 g/mol. The average Bonchev–Trinajstić information content (AvgIpc) is 2.80. The number of hydrogen-bond acceptors (Lipinski definition) is 4. The standard InChI is InChI=1S/C23H25N3O3S/c27-23-20-9-5-4-8-19(20)21-16-18(10-11-22(21)24-23)30(28,29)26-14-12-25(13-15-26)17-6-2-1-3-7-17/h1-3,6-7,10-11,16H,4-5,8-9,12-15H2,(H,24,27). The number of pyridine rings is 1. The molecule has 3 aromatic rings. The van der Waals surface area contributed by atoms with Crippen LogP contribution in [0.4, 0.5) is 5.69 Å². The summed E-state index contributed by atoms with van der Waals surface area (Å²) in [5.41, 5.74) is 3.64. The Kier molecular flexibility index (Phi) is 4.87. The maximum absolute atomic E-state index is 13.3. The van der Waals surface area contributed by atoms with Gasteiger partial charge in [0.25, 0.3) is 5.56 Å². The van der Waals surface area contributed by atoms with E-state index in [0.717, 1.165) is 47.9 Å². The maximum Gasteiger partial charge on any atom is 0.251 e. The highest BCUT2D eigenvalue weighted by molar-refractivity contribution is 7.89. The van der Waals surface area contributed by atoms with Crippen molar-refractivity contribution < 1.29 is 8.42 Å². The molecule has 0 spiro atoms. The minimum Gasteiger partial charge on any atom is -0.369 e. The number of aromatic amines is 1. The quantitative estimate of drug-likeness (QED) is 0.703. The molecule has 0 amide bonds. The number of rotatable bonds is 3. The molecule has 1 aliphatic carbocycles.